The van der Waals surface area contributed by atoms with E-state index in [0.29, 0.717) is 19.7 Å². The number of hydrogen-bond acceptors (Lipinski definition) is 3. The summed E-state index contributed by atoms with van der Waals surface area (Å²) >= 11 is 0. The topological polar surface area (TPSA) is 58.6 Å². The van der Waals surface area contributed by atoms with Crippen molar-refractivity contribution in [3.05, 3.63) is 65.2 Å². The van der Waals surface area contributed by atoms with Gasteiger partial charge in [-0.15, -0.1) is 0 Å². The summed E-state index contributed by atoms with van der Waals surface area (Å²) in [5.41, 5.74) is 3.30. The van der Waals surface area contributed by atoms with Crippen LogP contribution in [0.3, 0.4) is 0 Å². The zero-order valence-corrected chi connectivity index (χ0v) is 15.5. The number of nitrogens with one attached hydrogen (secondary N) is 1. The Morgan fingerprint density at radius 3 is 2.78 bits per heavy atom. The molecule has 1 saturated heterocycles. The molecule has 4 rings (SSSR count). The Morgan fingerprint density at radius 1 is 1.19 bits per heavy atom. The lowest BCUT2D eigenvalue weighted by Gasteiger charge is -2.27. The summed E-state index contributed by atoms with van der Waals surface area (Å²) < 4.78 is 5.66. The number of hydrogen-bond donors (Lipinski definition) is 1. The molecule has 2 amide bonds. The second-order valence-corrected chi connectivity index (χ2v) is 7.40. The molecule has 0 bridgehead atoms. The van der Waals surface area contributed by atoms with Crippen molar-refractivity contribution < 1.29 is 14.3 Å². The highest BCUT2D eigenvalue weighted by molar-refractivity contribution is 5.89. The van der Waals surface area contributed by atoms with Gasteiger partial charge in [0, 0.05) is 31.5 Å². The van der Waals surface area contributed by atoms with E-state index in [0.717, 1.165) is 23.3 Å². The fraction of sp³-hybridized carbons (Fsp3) is 0.364. The zero-order valence-electron chi connectivity index (χ0n) is 15.5. The molecule has 2 aliphatic rings. The predicted molar refractivity (Wildman–Crippen MR) is 102 cm³/mol. The third-order valence-corrected chi connectivity index (χ3v) is 5.35. The number of rotatable bonds is 4. The number of aryl methyl sites for hydroxylation is 1. The number of amides is 2. The lowest BCUT2D eigenvalue weighted by Crippen LogP contribution is -2.37. The highest BCUT2D eigenvalue weighted by Gasteiger charge is 2.35. The third-order valence-electron chi connectivity index (χ3n) is 5.35. The Balaban J connectivity index is 1.39. The molecule has 140 valence electrons. The molecule has 1 N–H and O–H groups in total. The largest absolute Gasteiger partial charge is 0.493 e. The highest BCUT2D eigenvalue weighted by atomic mass is 16.5. The van der Waals surface area contributed by atoms with Gasteiger partial charge in [-0.05, 0) is 18.6 Å². The van der Waals surface area contributed by atoms with Gasteiger partial charge in [0.05, 0.1) is 18.6 Å². The van der Waals surface area contributed by atoms with Gasteiger partial charge in [0.2, 0.25) is 11.8 Å². The molecule has 2 aromatic rings. The second-order valence-electron chi connectivity index (χ2n) is 7.40. The average Bonchev–Trinajstić information content (AvgIpc) is 3.04. The molecule has 5 nitrogen and oxygen atoms in total. The Hall–Kier alpha value is -2.82. The van der Waals surface area contributed by atoms with Crippen LogP contribution in [0.2, 0.25) is 0 Å². The third kappa shape index (κ3) is 3.82. The lowest BCUT2D eigenvalue weighted by atomic mass is 9.99. The van der Waals surface area contributed by atoms with E-state index in [1.165, 1.54) is 5.56 Å². The first kappa shape index (κ1) is 17.6. The van der Waals surface area contributed by atoms with Gasteiger partial charge < -0.3 is 15.0 Å². The van der Waals surface area contributed by atoms with Gasteiger partial charge in [0.25, 0.3) is 0 Å². The minimum Gasteiger partial charge on any atom is -0.493 e. The molecule has 0 aliphatic carbocycles. The number of carbonyl (C=O) groups is 2. The van der Waals surface area contributed by atoms with Gasteiger partial charge in [-0.2, -0.15) is 0 Å². The maximum absolute atomic E-state index is 12.8. The summed E-state index contributed by atoms with van der Waals surface area (Å²) in [6.45, 7) is 3.66. The van der Waals surface area contributed by atoms with Crippen molar-refractivity contribution in [1.29, 1.82) is 0 Å². The van der Waals surface area contributed by atoms with Crippen molar-refractivity contribution >= 4 is 11.8 Å². The number of likely N-dealkylation sites (tertiary alicyclic amines) is 1. The molecule has 0 unspecified atom stereocenters. The van der Waals surface area contributed by atoms with Crippen molar-refractivity contribution in [3.8, 4) is 5.75 Å². The molecular formula is C22H24N2O3. The molecule has 5 heteroatoms. The van der Waals surface area contributed by atoms with Crippen molar-refractivity contribution in [1.82, 2.24) is 10.2 Å². The predicted octanol–water partition coefficient (Wildman–Crippen LogP) is 2.98. The molecule has 0 spiro atoms. The standard InChI is InChI=1S/C22H24N2O3/c1-15-6-8-16(9-7-15)13-24-14-17(12-21(24)25)22(26)23-19-10-11-27-20-5-3-2-4-18(19)20/h2-9,17,19H,10-14H2,1H3,(H,23,26)/t17-,19+/m1/s1. The first-order valence-corrected chi connectivity index (χ1v) is 9.45. The van der Waals surface area contributed by atoms with E-state index in [1.54, 1.807) is 4.90 Å². The lowest BCUT2D eigenvalue weighted by molar-refractivity contribution is -0.129. The van der Waals surface area contributed by atoms with E-state index in [9.17, 15) is 9.59 Å². The first-order valence-electron chi connectivity index (χ1n) is 9.45. The van der Waals surface area contributed by atoms with Crippen molar-refractivity contribution in [2.24, 2.45) is 5.92 Å². The van der Waals surface area contributed by atoms with Crippen LogP contribution in [0.4, 0.5) is 0 Å². The molecule has 0 aromatic heterocycles. The van der Waals surface area contributed by atoms with Crippen LogP contribution < -0.4 is 10.1 Å². The Kier molecular flexibility index (Phi) is 4.84. The molecule has 0 saturated carbocycles. The number of para-hydroxylation sites is 1. The zero-order chi connectivity index (χ0) is 18.8. The number of fused-ring (bicyclic) bond motifs is 1. The number of carbonyl (C=O) groups excluding carboxylic acids is 2. The second kappa shape index (κ2) is 7.43. The van der Waals surface area contributed by atoms with Gasteiger partial charge in [-0.1, -0.05) is 48.0 Å². The average molecular weight is 364 g/mol. The van der Waals surface area contributed by atoms with Crippen molar-refractivity contribution in [3.63, 3.8) is 0 Å². The fourth-order valence-corrected chi connectivity index (χ4v) is 3.80. The number of ether oxygens (including phenoxy) is 1. The minimum atomic E-state index is -0.294. The summed E-state index contributed by atoms with van der Waals surface area (Å²) in [6, 6.07) is 15.9. The SMILES string of the molecule is Cc1ccc(CN2C[C@H](C(=O)N[C@H]3CCOc4ccccc43)CC2=O)cc1. The summed E-state index contributed by atoms with van der Waals surface area (Å²) in [6.07, 6.45) is 1.03. The van der Waals surface area contributed by atoms with Crippen molar-refractivity contribution in [2.45, 2.75) is 32.4 Å². The summed E-state index contributed by atoms with van der Waals surface area (Å²) in [4.78, 5) is 26.9. The Morgan fingerprint density at radius 2 is 1.96 bits per heavy atom. The quantitative estimate of drug-likeness (QED) is 0.907. The molecule has 2 heterocycles. The number of benzene rings is 2. The van der Waals surface area contributed by atoms with E-state index in [-0.39, 0.29) is 30.2 Å². The van der Waals surface area contributed by atoms with Gasteiger partial charge in [-0.25, -0.2) is 0 Å². The van der Waals surface area contributed by atoms with E-state index < -0.39 is 0 Å². The summed E-state index contributed by atoms with van der Waals surface area (Å²) in [5, 5.41) is 3.13. The normalized spacial score (nSPS) is 21.5. The molecule has 2 aliphatic heterocycles. The van der Waals surface area contributed by atoms with E-state index >= 15 is 0 Å². The maximum atomic E-state index is 12.8. The van der Waals surface area contributed by atoms with Gasteiger partial charge in [0.1, 0.15) is 5.75 Å². The van der Waals surface area contributed by atoms with Gasteiger partial charge in [0.15, 0.2) is 0 Å². The summed E-state index contributed by atoms with van der Waals surface area (Å²) in [7, 11) is 0. The monoisotopic (exact) mass is 364 g/mol. The van der Waals surface area contributed by atoms with Gasteiger partial charge >= 0.3 is 0 Å². The molecule has 2 aromatic carbocycles. The number of nitrogens with zero attached hydrogens (tertiary/aromatic N) is 1. The highest BCUT2D eigenvalue weighted by Crippen LogP contribution is 2.32. The first-order chi connectivity index (χ1) is 13.1. The van der Waals surface area contributed by atoms with E-state index in [2.05, 4.69) is 5.32 Å². The summed E-state index contributed by atoms with van der Waals surface area (Å²) in [5.74, 6) is 0.537. The van der Waals surface area contributed by atoms with Crippen LogP contribution >= 0.6 is 0 Å². The van der Waals surface area contributed by atoms with Crippen LogP contribution in [-0.2, 0) is 16.1 Å². The van der Waals surface area contributed by atoms with Crippen LogP contribution in [0.1, 0.15) is 35.6 Å². The molecule has 1 fully saturated rings. The van der Waals surface area contributed by atoms with E-state index in [4.69, 9.17) is 4.74 Å². The Bertz CT molecular complexity index is 847. The van der Waals surface area contributed by atoms with E-state index in [1.807, 2.05) is 55.5 Å². The van der Waals surface area contributed by atoms with Crippen LogP contribution in [0.15, 0.2) is 48.5 Å². The molecule has 0 radical (unpaired) electrons. The molecule has 2 atom stereocenters. The van der Waals surface area contributed by atoms with Crippen LogP contribution in [0.5, 0.6) is 5.75 Å². The van der Waals surface area contributed by atoms with Crippen LogP contribution in [0.25, 0.3) is 0 Å². The van der Waals surface area contributed by atoms with Crippen molar-refractivity contribution in [2.75, 3.05) is 13.2 Å². The molecule has 27 heavy (non-hydrogen) atoms. The van der Waals surface area contributed by atoms with Crippen LogP contribution in [-0.4, -0.2) is 29.9 Å². The molecular weight excluding hydrogens is 340 g/mol. The van der Waals surface area contributed by atoms with Gasteiger partial charge in [-0.3, -0.25) is 9.59 Å². The maximum Gasteiger partial charge on any atom is 0.225 e. The Labute approximate surface area is 159 Å². The smallest absolute Gasteiger partial charge is 0.225 e. The fourth-order valence-electron chi connectivity index (χ4n) is 3.80. The minimum absolute atomic E-state index is 0.0445. The van der Waals surface area contributed by atoms with Crippen LogP contribution in [0, 0.1) is 12.8 Å².